The molecule has 0 atom stereocenters. The lowest BCUT2D eigenvalue weighted by atomic mass is 10.4. The van der Waals surface area contributed by atoms with Gasteiger partial charge in [0, 0.05) is 26.2 Å². The summed E-state index contributed by atoms with van der Waals surface area (Å²) in [6.45, 7) is 6.69. The Hall–Kier alpha value is -0.810. The van der Waals surface area contributed by atoms with Crippen molar-refractivity contribution in [3.05, 3.63) is 24.2 Å². The molecule has 2 N–H and O–H groups in total. The Morgan fingerprint density at radius 2 is 2.09 bits per heavy atom. The van der Waals surface area contributed by atoms with E-state index < -0.39 is 10.0 Å². The summed E-state index contributed by atoms with van der Waals surface area (Å²) in [5, 5.41) is 6.33. The van der Waals surface area contributed by atoms with Gasteiger partial charge in [0.1, 0.15) is 12.3 Å². The SMILES string of the molecule is CCNC(=NCc1ccco1)NCCCN(CC)S(C)(=O)=O.I. The highest BCUT2D eigenvalue weighted by Gasteiger charge is 2.13. The van der Waals surface area contributed by atoms with E-state index in [1.54, 1.807) is 6.26 Å². The third-order valence-electron chi connectivity index (χ3n) is 3.02. The van der Waals surface area contributed by atoms with E-state index >= 15 is 0 Å². The van der Waals surface area contributed by atoms with E-state index in [0.717, 1.165) is 12.3 Å². The van der Waals surface area contributed by atoms with Crippen LogP contribution in [-0.4, -0.2) is 51.1 Å². The van der Waals surface area contributed by atoms with Gasteiger partial charge in [0.05, 0.1) is 12.5 Å². The van der Waals surface area contributed by atoms with E-state index in [1.807, 2.05) is 26.0 Å². The zero-order valence-electron chi connectivity index (χ0n) is 13.9. The second kappa shape index (κ2) is 11.7. The fraction of sp³-hybridized carbons (Fsp3) is 0.643. The monoisotopic (exact) mass is 458 g/mol. The first-order chi connectivity index (χ1) is 10.5. The summed E-state index contributed by atoms with van der Waals surface area (Å²) in [6.07, 6.45) is 3.57. The first-order valence-electron chi connectivity index (χ1n) is 7.47. The van der Waals surface area contributed by atoms with E-state index in [9.17, 15) is 8.42 Å². The quantitative estimate of drug-likeness (QED) is 0.254. The molecule has 0 aromatic carbocycles. The van der Waals surface area contributed by atoms with Crippen molar-refractivity contribution in [2.24, 2.45) is 4.99 Å². The maximum atomic E-state index is 11.5. The van der Waals surface area contributed by atoms with Gasteiger partial charge in [-0.15, -0.1) is 24.0 Å². The lowest BCUT2D eigenvalue weighted by Gasteiger charge is -2.18. The van der Waals surface area contributed by atoms with Crippen LogP contribution < -0.4 is 10.6 Å². The predicted molar refractivity (Wildman–Crippen MR) is 104 cm³/mol. The van der Waals surface area contributed by atoms with Crippen molar-refractivity contribution in [1.29, 1.82) is 0 Å². The average molecular weight is 458 g/mol. The average Bonchev–Trinajstić information content (AvgIpc) is 2.96. The van der Waals surface area contributed by atoms with Crippen molar-refractivity contribution < 1.29 is 12.8 Å². The lowest BCUT2D eigenvalue weighted by Crippen LogP contribution is -2.39. The van der Waals surface area contributed by atoms with Crippen molar-refractivity contribution in [3.63, 3.8) is 0 Å². The number of hydrogen-bond donors (Lipinski definition) is 2. The number of sulfonamides is 1. The van der Waals surface area contributed by atoms with Gasteiger partial charge in [-0.25, -0.2) is 17.7 Å². The topological polar surface area (TPSA) is 86.9 Å². The highest BCUT2D eigenvalue weighted by Crippen LogP contribution is 2.01. The Balaban J connectivity index is 0.00000484. The molecule has 7 nitrogen and oxygen atoms in total. The summed E-state index contributed by atoms with van der Waals surface area (Å²) >= 11 is 0. The number of guanidine groups is 1. The van der Waals surface area contributed by atoms with Crippen molar-refractivity contribution in [2.45, 2.75) is 26.8 Å². The first-order valence-corrected chi connectivity index (χ1v) is 9.31. The van der Waals surface area contributed by atoms with Crippen molar-refractivity contribution in [1.82, 2.24) is 14.9 Å². The summed E-state index contributed by atoms with van der Waals surface area (Å²) in [5.74, 6) is 1.49. The minimum Gasteiger partial charge on any atom is -0.467 e. The molecule has 0 radical (unpaired) electrons. The molecule has 1 heterocycles. The van der Waals surface area contributed by atoms with E-state index in [2.05, 4.69) is 15.6 Å². The van der Waals surface area contributed by atoms with Gasteiger partial charge in [-0.1, -0.05) is 6.92 Å². The van der Waals surface area contributed by atoms with Crippen molar-refractivity contribution in [3.8, 4) is 0 Å². The van der Waals surface area contributed by atoms with Crippen LogP contribution >= 0.6 is 24.0 Å². The molecule has 1 aromatic rings. The molecule has 0 aliphatic heterocycles. The van der Waals surface area contributed by atoms with Crippen LogP contribution in [0.15, 0.2) is 27.8 Å². The molecule has 0 unspecified atom stereocenters. The van der Waals surface area contributed by atoms with Gasteiger partial charge in [-0.05, 0) is 25.5 Å². The van der Waals surface area contributed by atoms with Crippen molar-refractivity contribution >= 4 is 40.0 Å². The Bertz CT molecular complexity index is 546. The first kappa shape index (κ1) is 22.2. The van der Waals surface area contributed by atoms with Gasteiger partial charge in [-0.2, -0.15) is 0 Å². The summed E-state index contributed by atoms with van der Waals surface area (Å²) in [7, 11) is -3.12. The minimum absolute atomic E-state index is 0. The van der Waals surface area contributed by atoms with E-state index in [0.29, 0.717) is 38.6 Å². The molecular weight excluding hydrogens is 431 g/mol. The number of halogens is 1. The Morgan fingerprint density at radius 1 is 1.35 bits per heavy atom. The maximum absolute atomic E-state index is 11.5. The number of aliphatic imine (C=N–C) groups is 1. The Labute approximate surface area is 156 Å². The number of rotatable bonds is 9. The van der Waals surface area contributed by atoms with E-state index in [1.165, 1.54) is 10.6 Å². The molecule has 0 fully saturated rings. The van der Waals surface area contributed by atoms with E-state index in [4.69, 9.17) is 4.42 Å². The molecule has 0 aliphatic rings. The standard InChI is InChI=1S/C14H26N4O3S.HI/c1-4-15-14(17-12-13-8-6-11-21-13)16-9-7-10-18(5-2)22(3,19)20;/h6,8,11H,4-5,7,9-10,12H2,1-3H3,(H2,15,16,17);1H. The van der Waals surface area contributed by atoms with Crippen LogP contribution in [0.2, 0.25) is 0 Å². The maximum Gasteiger partial charge on any atom is 0.211 e. The molecule has 0 saturated heterocycles. The highest BCUT2D eigenvalue weighted by molar-refractivity contribution is 14.0. The molecule has 0 saturated carbocycles. The molecule has 23 heavy (non-hydrogen) atoms. The normalized spacial score (nSPS) is 12.1. The van der Waals surface area contributed by atoms with Gasteiger partial charge >= 0.3 is 0 Å². The molecular formula is C14H27IN4O3S. The molecule has 0 aliphatic carbocycles. The van der Waals surface area contributed by atoms with Gasteiger partial charge in [0.15, 0.2) is 5.96 Å². The van der Waals surface area contributed by atoms with Gasteiger partial charge in [0.2, 0.25) is 10.0 Å². The van der Waals surface area contributed by atoms with Gasteiger partial charge in [0.25, 0.3) is 0 Å². The summed E-state index contributed by atoms with van der Waals surface area (Å²) in [4.78, 5) is 4.41. The highest BCUT2D eigenvalue weighted by atomic mass is 127. The van der Waals surface area contributed by atoms with Gasteiger partial charge in [-0.3, -0.25) is 0 Å². The Kier molecular flexibility index (Phi) is 11.3. The molecule has 0 bridgehead atoms. The number of hydrogen-bond acceptors (Lipinski definition) is 4. The summed E-state index contributed by atoms with van der Waals surface area (Å²) < 4.78 is 29.7. The molecule has 0 amide bonds. The lowest BCUT2D eigenvalue weighted by molar-refractivity contribution is 0.424. The van der Waals surface area contributed by atoms with Crippen molar-refractivity contribution in [2.75, 3.05) is 32.4 Å². The summed E-state index contributed by atoms with van der Waals surface area (Å²) in [6, 6.07) is 3.70. The number of furan rings is 1. The van der Waals surface area contributed by atoms with E-state index in [-0.39, 0.29) is 24.0 Å². The van der Waals surface area contributed by atoms with Crippen LogP contribution in [0.5, 0.6) is 0 Å². The smallest absolute Gasteiger partial charge is 0.211 e. The zero-order chi connectivity index (χ0) is 16.4. The van der Waals surface area contributed by atoms with Crippen LogP contribution in [-0.2, 0) is 16.6 Å². The third-order valence-corrected chi connectivity index (χ3v) is 4.39. The van der Waals surface area contributed by atoms with Crippen LogP contribution in [0.25, 0.3) is 0 Å². The molecule has 134 valence electrons. The van der Waals surface area contributed by atoms with Crippen LogP contribution in [0.3, 0.4) is 0 Å². The molecule has 0 spiro atoms. The summed E-state index contributed by atoms with van der Waals surface area (Å²) in [5.41, 5.74) is 0. The predicted octanol–water partition coefficient (Wildman–Crippen LogP) is 1.62. The van der Waals surface area contributed by atoms with Crippen LogP contribution in [0, 0.1) is 0 Å². The molecule has 9 heteroatoms. The molecule has 1 aromatic heterocycles. The third kappa shape index (κ3) is 9.16. The largest absolute Gasteiger partial charge is 0.467 e. The van der Waals surface area contributed by atoms with Gasteiger partial charge < -0.3 is 15.1 Å². The molecule has 1 rings (SSSR count). The fourth-order valence-corrected chi connectivity index (χ4v) is 2.85. The second-order valence-corrected chi connectivity index (χ2v) is 6.79. The number of nitrogens with zero attached hydrogens (tertiary/aromatic N) is 2. The minimum atomic E-state index is -3.12. The Morgan fingerprint density at radius 3 is 2.61 bits per heavy atom. The van der Waals surface area contributed by atoms with Crippen LogP contribution in [0.4, 0.5) is 0 Å². The fourth-order valence-electron chi connectivity index (χ4n) is 1.92. The number of nitrogens with one attached hydrogen (secondary N) is 2. The van der Waals surface area contributed by atoms with Crippen LogP contribution in [0.1, 0.15) is 26.0 Å². The second-order valence-electron chi connectivity index (χ2n) is 4.81. The zero-order valence-corrected chi connectivity index (χ0v) is 17.1.